The average molecular weight is 369 g/mol. The van der Waals surface area contributed by atoms with E-state index in [1.165, 1.54) is 11.1 Å². The molecule has 1 N–H and O–H groups in total. The van der Waals surface area contributed by atoms with Gasteiger partial charge in [0.15, 0.2) is 0 Å². The van der Waals surface area contributed by atoms with Crippen LogP contribution in [0.1, 0.15) is 23.1 Å². The number of amides is 2. The van der Waals surface area contributed by atoms with Gasteiger partial charge < -0.3 is 10.2 Å². The number of carbonyl (C=O) groups excluding carboxylic acids is 2. The number of rotatable bonds is 4. The minimum Gasteiger partial charge on any atom is -0.352 e. The third-order valence-electron chi connectivity index (χ3n) is 5.30. The maximum absolute atomic E-state index is 12.7. The number of hydrogen-bond donors (Lipinski definition) is 1. The molecule has 2 aliphatic rings. The molecule has 1 saturated carbocycles. The van der Waals surface area contributed by atoms with Gasteiger partial charge in [-0.1, -0.05) is 54.1 Å². The molecule has 0 radical (unpaired) electrons. The molecule has 26 heavy (non-hydrogen) atoms. The van der Waals surface area contributed by atoms with Gasteiger partial charge in [-0.05, 0) is 35.6 Å². The van der Waals surface area contributed by atoms with E-state index in [9.17, 15) is 9.59 Å². The Morgan fingerprint density at radius 1 is 1.04 bits per heavy atom. The standard InChI is InChI=1S/C21H21ClN2O2/c22-19-8-4-3-6-15(19)12-23-20(25)17-11-18(17)21(26)24-10-9-14-5-1-2-7-16(14)13-24/h1-8,17-18H,9-13H2,(H,23,25). The summed E-state index contributed by atoms with van der Waals surface area (Å²) in [5.41, 5.74) is 3.42. The van der Waals surface area contributed by atoms with Crippen LogP contribution < -0.4 is 5.32 Å². The van der Waals surface area contributed by atoms with E-state index in [1.54, 1.807) is 6.07 Å². The zero-order chi connectivity index (χ0) is 18.1. The minimum absolute atomic E-state index is 0.0549. The summed E-state index contributed by atoms with van der Waals surface area (Å²) in [4.78, 5) is 27.0. The molecule has 2 unspecified atom stereocenters. The second-order valence-corrected chi connectivity index (χ2v) is 7.44. The number of nitrogens with zero attached hydrogens (tertiary/aromatic N) is 1. The first kappa shape index (κ1) is 17.1. The van der Waals surface area contributed by atoms with E-state index in [4.69, 9.17) is 11.6 Å². The molecule has 2 atom stereocenters. The minimum atomic E-state index is -0.206. The van der Waals surface area contributed by atoms with Crippen molar-refractivity contribution in [3.8, 4) is 0 Å². The molecular formula is C21H21ClN2O2. The van der Waals surface area contributed by atoms with Gasteiger partial charge in [-0.15, -0.1) is 0 Å². The van der Waals surface area contributed by atoms with Gasteiger partial charge in [0.25, 0.3) is 0 Å². The Bertz CT molecular complexity index is 851. The van der Waals surface area contributed by atoms with Crippen LogP contribution in [0, 0.1) is 11.8 Å². The maximum atomic E-state index is 12.7. The van der Waals surface area contributed by atoms with E-state index in [-0.39, 0.29) is 23.7 Å². The lowest BCUT2D eigenvalue weighted by atomic mass is 9.99. The van der Waals surface area contributed by atoms with E-state index in [2.05, 4.69) is 17.4 Å². The highest BCUT2D eigenvalue weighted by atomic mass is 35.5. The molecule has 1 heterocycles. The highest BCUT2D eigenvalue weighted by Crippen LogP contribution is 2.41. The molecule has 2 aromatic rings. The summed E-state index contributed by atoms with van der Waals surface area (Å²) < 4.78 is 0. The Kier molecular flexibility index (Phi) is 4.68. The summed E-state index contributed by atoms with van der Waals surface area (Å²) in [6, 6.07) is 15.7. The van der Waals surface area contributed by atoms with Gasteiger partial charge in [-0.25, -0.2) is 0 Å². The number of nitrogens with one attached hydrogen (secondary N) is 1. The van der Waals surface area contributed by atoms with Crippen molar-refractivity contribution in [1.29, 1.82) is 0 Å². The SMILES string of the molecule is O=C(NCc1ccccc1Cl)C1CC1C(=O)N1CCc2ccccc2C1. The van der Waals surface area contributed by atoms with E-state index >= 15 is 0 Å². The van der Waals surface area contributed by atoms with Gasteiger partial charge in [0, 0.05) is 24.7 Å². The second-order valence-electron chi connectivity index (χ2n) is 7.04. The first-order chi connectivity index (χ1) is 12.6. The normalized spacial score (nSPS) is 21.0. The molecule has 1 aliphatic heterocycles. The van der Waals surface area contributed by atoms with Crippen molar-refractivity contribution in [1.82, 2.24) is 10.2 Å². The molecule has 0 spiro atoms. The lowest BCUT2D eigenvalue weighted by molar-refractivity contribution is -0.135. The molecule has 2 aromatic carbocycles. The van der Waals surface area contributed by atoms with Crippen molar-refractivity contribution in [3.63, 3.8) is 0 Å². The summed E-state index contributed by atoms with van der Waals surface area (Å²) in [7, 11) is 0. The molecule has 0 aromatic heterocycles. The number of halogens is 1. The van der Waals surface area contributed by atoms with Crippen LogP contribution in [0.25, 0.3) is 0 Å². The Labute approximate surface area is 158 Å². The van der Waals surface area contributed by atoms with Gasteiger partial charge in [0.2, 0.25) is 11.8 Å². The fourth-order valence-electron chi connectivity index (χ4n) is 3.63. The lowest BCUT2D eigenvalue weighted by Gasteiger charge is -2.29. The van der Waals surface area contributed by atoms with Crippen LogP contribution in [0.3, 0.4) is 0 Å². The zero-order valence-corrected chi connectivity index (χ0v) is 15.2. The Morgan fingerprint density at radius 3 is 2.58 bits per heavy atom. The first-order valence-electron chi connectivity index (χ1n) is 9.00. The van der Waals surface area contributed by atoms with Crippen LogP contribution in [-0.4, -0.2) is 23.3 Å². The predicted octanol–water partition coefficient (Wildman–Crippen LogP) is 3.18. The van der Waals surface area contributed by atoms with Crippen molar-refractivity contribution in [2.45, 2.75) is 25.9 Å². The fourth-order valence-corrected chi connectivity index (χ4v) is 3.83. The summed E-state index contributed by atoms with van der Waals surface area (Å²) in [5.74, 6) is -0.327. The number of fused-ring (bicyclic) bond motifs is 1. The van der Waals surface area contributed by atoms with Crippen molar-refractivity contribution < 1.29 is 9.59 Å². The topological polar surface area (TPSA) is 49.4 Å². The van der Waals surface area contributed by atoms with E-state index in [0.29, 0.717) is 24.5 Å². The van der Waals surface area contributed by atoms with Crippen LogP contribution in [0.15, 0.2) is 48.5 Å². The number of carbonyl (C=O) groups is 2. The van der Waals surface area contributed by atoms with Crippen LogP contribution in [0.5, 0.6) is 0 Å². The van der Waals surface area contributed by atoms with Gasteiger partial charge >= 0.3 is 0 Å². The summed E-state index contributed by atoms with van der Waals surface area (Å²) >= 11 is 6.11. The molecule has 5 heteroatoms. The third-order valence-corrected chi connectivity index (χ3v) is 5.67. The summed E-state index contributed by atoms with van der Waals surface area (Å²) in [5, 5.41) is 3.55. The molecule has 4 rings (SSSR count). The van der Waals surface area contributed by atoms with Gasteiger partial charge in [0.05, 0.1) is 11.8 Å². The summed E-state index contributed by atoms with van der Waals surface area (Å²) in [6.07, 6.45) is 1.53. The van der Waals surface area contributed by atoms with Crippen LogP contribution in [0.4, 0.5) is 0 Å². The molecular weight excluding hydrogens is 348 g/mol. The molecule has 1 fully saturated rings. The monoisotopic (exact) mass is 368 g/mol. The quantitative estimate of drug-likeness (QED) is 0.901. The molecule has 4 nitrogen and oxygen atoms in total. The smallest absolute Gasteiger partial charge is 0.226 e. The van der Waals surface area contributed by atoms with E-state index in [0.717, 1.165) is 18.5 Å². The van der Waals surface area contributed by atoms with Crippen molar-refractivity contribution in [3.05, 3.63) is 70.2 Å². The summed E-state index contributed by atoms with van der Waals surface area (Å²) in [6.45, 7) is 1.78. The first-order valence-corrected chi connectivity index (χ1v) is 9.38. The van der Waals surface area contributed by atoms with E-state index in [1.807, 2.05) is 35.2 Å². The van der Waals surface area contributed by atoms with E-state index < -0.39 is 0 Å². The molecule has 0 saturated heterocycles. The maximum Gasteiger partial charge on any atom is 0.226 e. The Hall–Kier alpha value is -2.33. The van der Waals surface area contributed by atoms with Gasteiger partial charge in [-0.2, -0.15) is 0 Å². The zero-order valence-electron chi connectivity index (χ0n) is 14.5. The highest BCUT2D eigenvalue weighted by molar-refractivity contribution is 6.31. The van der Waals surface area contributed by atoms with Crippen molar-refractivity contribution >= 4 is 23.4 Å². The Morgan fingerprint density at radius 2 is 1.77 bits per heavy atom. The van der Waals surface area contributed by atoms with Crippen LogP contribution in [0.2, 0.25) is 5.02 Å². The third kappa shape index (κ3) is 3.47. The average Bonchev–Trinajstić information content (AvgIpc) is 3.47. The number of benzene rings is 2. The molecule has 0 bridgehead atoms. The van der Waals surface area contributed by atoms with Gasteiger partial charge in [-0.3, -0.25) is 9.59 Å². The van der Waals surface area contributed by atoms with Crippen molar-refractivity contribution in [2.75, 3.05) is 6.54 Å². The van der Waals surface area contributed by atoms with Crippen molar-refractivity contribution in [2.24, 2.45) is 11.8 Å². The largest absolute Gasteiger partial charge is 0.352 e. The molecule has 134 valence electrons. The lowest BCUT2D eigenvalue weighted by Crippen LogP contribution is -2.38. The fraction of sp³-hybridized carbons (Fsp3) is 0.333. The Balaban J connectivity index is 1.31. The highest BCUT2D eigenvalue weighted by Gasteiger charge is 2.49. The van der Waals surface area contributed by atoms with Crippen LogP contribution >= 0.6 is 11.6 Å². The van der Waals surface area contributed by atoms with Gasteiger partial charge in [0.1, 0.15) is 0 Å². The predicted molar refractivity (Wildman–Crippen MR) is 100 cm³/mol. The second kappa shape index (κ2) is 7.12. The van der Waals surface area contributed by atoms with Crippen LogP contribution in [-0.2, 0) is 29.1 Å². The molecule has 1 aliphatic carbocycles. The molecule has 2 amide bonds. The number of hydrogen-bond acceptors (Lipinski definition) is 2.